The van der Waals surface area contributed by atoms with Crippen LogP contribution < -0.4 is 10.5 Å². The van der Waals surface area contributed by atoms with E-state index in [0.29, 0.717) is 5.88 Å². The Morgan fingerprint density at radius 2 is 2.00 bits per heavy atom. The van der Waals surface area contributed by atoms with Gasteiger partial charge in [0.05, 0.1) is 18.4 Å². The number of nitrogen functional groups attached to an aromatic ring is 1. The Morgan fingerprint density at radius 1 is 1.29 bits per heavy atom. The van der Waals surface area contributed by atoms with Crippen molar-refractivity contribution in [2.24, 2.45) is 0 Å². The highest BCUT2D eigenvalue weighted by atomic mass is 16.5. The second kappa shape index (κ2) is 5.10. The van der Waals surface area contributed by atoms with Crippen LogP contribution in [-0.4, -0.2) is 12.3 Å². The van der Waals surface area contributed by atoms with Crippen LogP contribution in [-0.2, 0) is 5.41 Å². The van der Waals surface area contributed by atoms with Crippen molar-refractivity contribution in [3.05, 3.63) is 29.5 Å². The first kappa shape index (κ1) is 14.0. The average Bonchev–Trinajstić information content (AvgIpc) is 3.07. The standard InChI is InChI=1S/C17H22N2O2/c1-11-6-7-12(10-13(11)20-3)14-15(19-21-16(14)18)17(2)8-4-5-9-17/h6-7,10H,4-5,8-9,18H2,1-3H3. The first-order valence-electron chi connectivity index (χ1n) is 7.46. The van der Waals surface area contributed by atoms with E-state index in [9.17, 15) is 0 Å². The summed E-state index contributed by atoms with van der Waals surface area (Å²) in [5.74, 6) is 1.25. The maximum atomic E-state index is 6.06. The lowest BCUT2D eigenvalue weighted by atomic mass is 9.81. The van der Waals surface area contributed by atoms with Gasteiger partial charge in [0.15, 0.2) is 0 Å². The second-order valence-corrected chi connectivity index (χ2v) is 6.22. The van der Waals surface area contributed by atoms with Gasteiger partial charge in [-0.2, -0.15) is 0 Å². The van der Waals surface area contributed by atoms with E-state index in [-0.39, 0.29) is 5.41 Å². The minimum absolute atomic E-state index is 0.0641. The summed E-state index contributed by atoms with van der Waals surface area (Å²) >= 11 is 0. The summed E-state index contributed by atoms with van der Waals surface area (Å²) in [5.41, 5.74) is 10.2. The zero-order chi connectivity index (χ0) is 15.0. The highest BCUT2D eigenvalue weighted by Gasteiger charge is 2.37. The van der Waals surface area contributed by atoms with Crippen molar-refractivity contribution < 1.29 is 9.26 Å². The number of methoxy groups -OCH3 is 1. The molecule has 0 aliphatic heterocycles. The van der Waals surface area contributed by atoms with Gasteiger partial charge in [0.2, 0.25) is 5.88 Å². The number of aromatic nitrogens is 1. The predicted molar refractivity (Wildman–Crippen MR) is 83.5 cm³/mol. The lowest BCUT2D eigenvalue weighted by Gasteiger charge is -2.22. The molecule has 2 aromatic rings. The molecular weight excluding hydrogens is 264 g/mol. The van der Waals surface area contributed by atoms with Crippen LogP contribution in [0.4, 0.5) is 5.88 Å². The van der Waals surface area contributed by atoms with E-state index in [2.05, 4.69) is 18.1 Å². The summed E-state index contributed by atoms with van der Waals surface area (Å²) in [6, 6.07) is 6.12. The van der Waals surface area contributed by atoms with Crippen LogP contribution in [0.25, 0.3) is 11.1 Å². The predicted octanol–water partition coefficient (Wildman–Crippen LogP) is 4.07. The molecule has 1 fully saturated rings. The fourth-order valence-corrected chi connectivity index (χ4v) is 3.36. The molecule has 0 bridgehead atoms. The van der Waals surface area contributed by atoms with E-state index in [1.54, 1.807) is 7.11 Å². The van der Waals surface area contributed by atoms with Gasteiger partial charge in [-0.3, -0.25) is 0 Å². The van der Waals surface area contributed by atoms with Gasteiger partial charge in [-0.1, -0.05) is 37.1 Å². The van der Waals surface area contributed by atoms with Crippen molar-refractivity contribution in [3.63, 3.8) is 0 Å². The summed E-state index contributed by atoms with van der Waals surface area (Å²) in [5, 5.41) is 4.28. The quantitative estimate of drug-likeness (QED) is 0.923. The van der Waals surface area contributed by atoms with Crippen molar-refractivity contribution in [3.8, 4) is 16.9 Å². The molecule has 1 aliphatic rings. The largest absolute Gasteiger partial charge is 0.496 e. The summed E-state index contributed by atoms with van der Waals surface area (Å²) in [4.78, 5) is 0. The fourth-order valence-electron chi connectivity index (χ4n) is 3.36. The van der Waals surface area contributed by atoms with Gasteiger partial charge in [0, 0.05) is 5.41 Å². The maximum Gasteiger partial charge on any atom is 0.230 e. The lowest BCUT2D eigenvalue weighted by molar-refractivity contribution is 0.386. The lowest BCUT2D eigenvalue weighted by Crippen LogP contribution is -2.18. The Labute approximate surface area is 125 Å². The Morgan fingerprint density at radius 3 is 2.67 bits per heavy atom. The number of rotatable bonds is 3. The smallest absolute Gasteiger partial charge is 0.230 e. The molecule has 0 atom stereocenters. The molecule has 3 rings (SSSR count). The van der Waals surface area contributed by atoms with Crippen LogP contribution in [0, 0.1) is 6.92 Å². The molecule has 21 heavy (non-hydrogen) atoms. The first-order chi connectivity index (χ1) is 10.0. The van der Waals surface area contributed by atoms with Crippen molar-refractivity contribution >= 4 is 5.88 Å². The van der Waals surface area contributed by atoms with Gasteiger partial charge in [-0.15, -0.1) is 0 Å². The summed E-state index contributed by atoms with van der Waals surface area (Å²) < 4.78 is 10.7. The molecule has 0 unspecified atom stereocenters. The van der Waals surface area contributed by atoms with Gasteiger partial charge in [-0.05, 0) is 37.0 Å². The van der Waals surface area contributed by atoms with E-state index < -0.39 is 0 Å². The van der Waals surface area contributed by atoms with Gasteiger partial charge in [-0.25, -0.2) is 0 Å². The van der Waals surface area contributed by atoms with Gasteiger partial charge < -0.3 is 15.0 Å². The number of hydrogen-bond acceptors (Lipinski definition) is 4. The van der Waals surface area contributed by atoms with Gasteiger partial charge in [0.25, 0.3) is 0 Å². The van der Waals surface area contributed by atoms with E-state index in [4.69, 9.17) is 15.0 Å². The van der Waals surface area contributed by atoms with Crippen LogP contribution in [0.1, 0.15) is 43.9 Å². The third-order valence-electron chi connectivity index (χ3n) is 4.69. The molecule has 112 valence electrons. The van der Waals surface area contributed by atoms with Crippen LogP contribution in [0.5, 0.6) is 5.75 Å². The van der Waals surface area contributed by atoms with Crippen molar-refractivity contribution in [1.29, 1.82) is 0 Å². The topological polar surface area (TPSA) is 61.3 Å². The van der Waals surface area contributed by atoms with Crippen LogP contribution in [0.2, 0.25) is 0 Å². The Bertz CT molecular complexity index is 655. The molecule has 1 aliphatic carbocycles. The minimum Gasteiger partial charge on any atom is -0.496 e. The van der Waals surface area contributed by atoms with Crippen LogP contribution in [0.3, 0.4) is 0 Å². The third-order valence-corrected chi connectivity index (χ3v) is 4.69. The number of anilines is 1. The van der Waals surface area contributed by atoms with E-state index in [1.165, 1.54) is 12.8 Å². The molecule has 0 radical (unpaired) electrons. The molecule has 0 spiro atoms. The van der Waals surface area contributed by atoms with E-state index in [1.807, 2.05) is 19.1 Å². The van der Waals surface area contributed by atoms with Gasteiger partial charge in [0.1, 0.15) is 5.75 Å². The highest BCUT2D eigenvalue weighted by Crippen LogP contribution is 2.46. The summed E-state index contributed by atoms with van der Waals surface area (Å²) in [6.07, 6.45) is 4.74. The Hall–Kier alpha value is -1.97. The SMILES string of the molecule is COc1cc(-c2c(C3(C)CCCC3)noc2N)ccc1C. The average molecular weight is 286 g/mol. The van der Waals surface area contributed by atoms with E-state index >= 15 is 0 Å². The number of ether oxygens (including phenoxy) is 1. The van der Waals surface area contributed by atoms with Crippen molar-refractivity contribution in [2.75, 3.05) is 12.8 Å². The number of nitrogens with two attached hydrogens (primary N) is 1. The zero-order valence-electron chi connectivity index (χ0n) is 12.9. The third kappa shape index (κ3) is 2.28. The molecule has 0 amide bonds. The molecule has 0 saturated heterocycles. The first-order valence-corrected chi connectivity index (χ1v) is 7.46. The molecule has 2 N–H and O–H groups in total. The second-order valence-electron chi connectivity index (χ2n) is 6.22. The highest BCUT2D eigenvalue weighted by molar-refractivity contribution is 5.77. The number of hydrogen-bond donors (Lipinski definition) is 1. The molecular formula is C17H22N2O2. The normalized spacial score (nSPS) is 17.1. The number of benzene rings is 1. The van der Waals surface area contributed by atoms with Crippen LogP contribution >= 0.6 is 0 Å². The van der Waals surface area contributed by atoms with Crippen molar-refractivity contribution in [2.45, 2.75) is 44.9 Å². The maximum absolute atomic E-state index is 6.06. The monoisotopic (exact) mass is 286 g/mol. The number of nitrogens with zero attached hydrogens (tertiary/aromatic N) is 1. The van der Waals surface area contributed by atoms with Crippen molar-refractivity contribution in [1.82, 2.24) is 5.16 Å². The zero-order valence-corrected chi connectivity index (χ0v) is 12.9. The minimum atomic E-state index is 0.0641. The molecule has 1 aromatic carbocycles. The van der Waals surface area contributed by atoms with Gasteiger partial charge >= 0.3 is 0 Å². The molecule has 4 heteroatoms. The molecule has 4 nitrogen and oxygen atoms in total. The Balaban J connectivity index is 2.12. The number of aryl methyl sites for hydroxylation is 1. The molecule has 1 heterocycles. The van der Waals surface area contributed by atoms with E-state index in [0.717, 1.165) is 41.0 Å². The summed E-state index contributed by atoms with van der Waals surface area (Å²) in [6.45, 7) is 4.28. The molecule has 1 aromatic heterocycles. The molecule has 1 saturated carbocycles. The fraction of sp³-hybridized carbons (Fsp3) is 0.471. The van der Waals surface area contributed by atoms with Crippen LogP contribution in [0.15, 0.2) is 22.7 Å². The summed E-state index contributed by atoms with van der Waals surface area (Å²) in [7, 11) is 1.68. The Kier molecular flexibility index (Phi) is 3.40.